The summed E-state index contributed by atoms with van der Waals surface area (Å²) in [6.07, 6.45) is 1.55. The molecule has 1 amide bonds. The Hall–Kier alpha value is -2.93. The van der Waals surface area contributed by atoms with Gasteiger partial charge in [0.05, 0.1) is 31.1 Å². The van der Waals surface area contributed by atoms with Crippen LogP contribution >= 0.6 is 11.6 Å². The number of hydrogen-bond donors (Lipinski definition) is 1. The van der Waals surface area contributed by atoms with Crippen molar-refractivity contribution in [2.24, 2.45) is 5.10 Å². The third-order valence-electron chi connectivity index (χ3n) is 4.03. The molecule has 3 rings (SSSR count). The second kappa shape index (κ2) is 10.0. The van der Waals surface area contributed by atoms with Gasteiger partial charge in [0.2, 0.25) is 0 Å². The van der Waals surface area contributed by atoms with Crippen LogP contribution in [0.5, 0.6) is 23.0 Å². The molecule has 1 N–H and O–H groups in total. The lowest BCUT2D eigenvalue weighted by atomic mass is 10.2. The molecule has 1 heterocycles. The van der Waals surface area contributed by atoms with Gasteiger partial charge in [0.25, 0.3) is 5.91 Å². The van der Waals surface area contributed by atoms with Gasteiger partial charge in [-0.1, -0.05) is 11.6 Å². The van der Waals surface area contributed by atoms with Crippen molar-refractivity contribution in [3.63, 3.8) is 0 Å². The second-order valence-electron chi connectivity index (χ2n) is 6.28. The summed E-state index contributed by atoms with van der Waals surface area (Å²) in [5, 5.41) is 4.41. The highest BCUT2D eigenvalue weighted by Gasteiger charge is 2.16. The summed E-state index contributed by atoms with van der Waals surface area (Å²) in [6, 6.07) is 10.5. The fourth-order valence-electron chi connectivity index (χ4n) is 2.63. The number of benzene rings is 2. The van der Waals surface area contributed by atoms with Gasteiger partial charge in [-0.05, 0) is 55.8 Å². The largest absolute Gasteiger partial charge is 0.494 e. The molecule has 29 heavy (non-hydrogen) atoms. The molecule has 0 fully saturated rings. The lowest BCUT2D eigenvalue weighted by molar-refractivity contribution is -0.127. The third-order valence-corrected chi connectivity index (χ3v) is 4.31. The summed E-state index contributed by atoms with van der Waals surface area (Å²) in [5.41, 5.74) is 3.14. The van der Waals surface area contributed by atoms with Crippen LogP contribution in [0.25, 0.3) is 0 Å². The normalized spacial score (nSPS) is 14.2. The number of rotatable bonds is 7. The van der Waals surface area contributed by atoms with Crippen LogP contribution in [0, 0.1) is 0 Å². The van der Waals surface area contributed by atoms with E-state index in [0.29, 0.717) is 47.7 Å². The fraction of sp³-hybridized carbons (Fsp3) is 0.333. The van der Waals surface area contributed by atoms with Crippen molar-refractivity contribution in [1.29, 1.82) is 0 Å². The van der Waals surface area contributed by atoms with Gasteiger partial charge in [-0.15, -0.1) is 0 Å². The standard InChI is InChI=1S/C21H23ClN2O5/c1-3-26-16-5-7-17(8-6-16)29-14(2)21(25)24-23-13-15-11-18(22)20-19(12-15)27-9-4-10-28-20/h5-8,11-14H,3-4,9-10H2,1-2H3,(H,24,25)/b23-13-/t14-/m1/s1. The first-order chi connectivity index (χ1) is 14.1. The van der Waals surface area contributed by atoms with Gasteiger partial charge in [0.1, 0.15) is 11.5 Å². The van der Waals surface area contributed by atoms with E-state index >= 15 is 0 Å². The van der Waals surface area contributed by atoms with Crippen molar-refractivity contribution in [3.05, 3.63) is 47.0 Å². The quantitative estimate of drug-likeness (QED) is 0.546. The molecule has 0 saturated carbocycles. The van der Waals surface area contributed by atoms with Crippen LogP contribution in [0.1, 0.15) is 25.8 Å². The van der Waals surface area contributed by atoms with Crippen molar-refractivity contribution in [3.8, 4) is 23.0 Å². The topological polar surface area (TPSA) is 78.4 Å². The number of ether oxygens (including phenoxy) is 4. The van der Waals surface area contributed by atoms with E-state index in [2.05, 4.69) is 10.5 Å². The molecule has 0 unspecified atom stereocenters. The van der Waals surface area contributed by atoms with Crippen molar-refractivity contribution in [2.45, 2.75) is 26.4 Å². The zero-order valence-corrected chi connectivity index (χ0v) is 17.1. The number of fused-ring (bicyclic) bond motifs is 1. The van der Waals surface area contributed by atoms with E-state index in [4.69, 9.17) is 30.5 Å². The highest BCUT2D eigenvalue weighted by Crippen LogP contribution is 2.37. The highest BCUT2D eigenvalue weighted by atomic mass is 35.5. The van der Waals surface area contributed by atoms with Crippen LogP contribution in [0.4, 0.5) is 0 Å². The van der Waals surface area contributed by atoms with Crippen molar-refractivity contribution in [1.82, 2.24) is 5.43 Å². The number of nitrogens with one attached hydrogen (secondary N) is 1. The second-order valence-corrected chi connectivity index (χ2v) is 6.69. The molecule has 0 aliphatic carbocycles. The predicted molar refractivity (Wildman–Crippen MR) is 110 cm³/mol. The molecule has 8 heteroatoms. The molecule has 0 radical (unpaired) electrons. The Kier molecular flexibility index (Phi) is 7.19. The SMILES string of the molecule is CCOc1ccc(O[C@H](C)C(=O)N/N=C\c2cc(Cl)c3c(c2)OCCCO3)cc1. The van der Waals surface area contributed by atoms with Crippen LogP contribution in [0.15, 0.2) is 41.5 Å². The van der Waals surface area contributed by atoms with E-state index in [-0.39, 0.29) is 5.91 Å². The molecular formula is C21H23ClN2O5. The molecule has 0 saturated heterocycles. The molecule has 0 spiro atoms. The summed E-state index contributed by atoms with van der Waals surface area (Å²) < 4.78 is 22.2. The summed E-state index contributed by atoms with van der Waals surface area (Å²) in [7, 11) is 0. The smallest absolute Gasteiger partial charge is 0.280 e. The van der Waals surface area contributed by atoms with Gasteiger partial charge in [-0.2, -0.15) is 5.10 Å². The monoisotopic (exact) mass is 418 g/mol. The van der Waals surface area contributed by atoms with E-state index < -0.39 is 6.10 Å². The van der Waals surface area contributed by atoms with Gasteiger partial charge in [-0.25, -0.2) is 5.43 Å². The first-order valence-corrected chi connectivity index (χ1v) is 9.76. The Morgan fingerprint density at radius 3 is 2.72 bits per heavy atom. The zero-order chi connectivity index (χ0) is 20.6. The highest BCUT2D eigenvalue weighted by molar-refractivity contribution is 6.32. The number of nitrogens with zero attached hydrogens (tertiary/aromatic N) is 1. The number of carbonyl (C=O) groups is 1. The Bertz CT molecular complexity index is 870. The number of carbonyl (C=O) groups excluding carboxylic acids is 1. The van der Waals surface area contributed by atoms with Gasteiger partial charge in [0.15, 0.2) is 17.6 Å². The Labute approximate surface area is 174 Å². The summed E-state index contributed by atoms with van der Waals surface area (Å²) in [4.78, 5) is 12.2. The maximum Gasteiger partial charge on any atom is 0.280 e. The molecule has 7 nitrogen and oxygen atoms in total. The van der Waals surface area contributed by atoms with Crippen LogP contribution in [0.3, 0.4) is 0 Å². The number of hydrazone groups is 1. The van der Waals surface area contributed by atoms with E-state index in [1.165, 1.54) is 6.21 Å². The molecular weight excluding hydrogens is 396 g/mol. The van der Waals surface area contributed by atoms with Crippen molar-refractivity contribution < 1.29 is 23.7 Å². The van der Waals surface area contributed by atoms with E-state index in [1.54, 1.807) is 43.3 Å². The lowest BCUT2D eigenvalue weighted by Gasteiger charge is -2.13. The molecule has 1 aliphatic heterocycles. The minimum absolute atomic E-state index is 0.379. The molecule has 1 atom stereocenters. The minimum Gasteiger partial charge on any atom is -0.494 e. The maximum atomic E-state index is 12.2. The maximum absolute atomic E-state index is 12.2. The average Bonchev–Trinajstić information content (AvgIpc) is 2.95. The Balaban J connectivity index is 1.56. The molecule has 2 aromatic carbocycles. The van der Waals surface area contributed by atoms with E-state index in [9.17, 15) is 4.79 Å². The summed E-state index contributed by atoms with van der Waals surface area (Å²) in [6.45, 7) is 5.26. The van der Waals surface area contributed by atoms with Gasteiger partial charge < -0.3 is 18.9 Å². The van der Waals surface area contributed by atoms with Gasteiger partial charge in [0, 0.05) is 6.42 Å². The van der Waals surface area contributed by atoms with Crippen molar-refractivity contribution >= 4 is 23.7 Å². The van der Waals surface area contributed by atoms with Crippen LogP contribution in [0.2, 0.25) is 5.02 Å². The van der Waals surface area contributed by atoms with Gasteiger partial charge in [-0.3, -0.25) is 4.79 Å². The number of amides is 1. The van der Waals surface area contributed by atoms with Crippen LogP contribution in [-0.2, 0) is 4.79 Å². The molecule has 2 aromatic rings. The van der Waals surface area contributed by atoms with E-state index in [0.717, 1.165) is 12.2 Å². The predicted octanol–water partition coefficient (Wildman–Crippen LogP) is 3.82. The summed E-state index contributed by atoms with van der Waals surface area (Å²) >= 11 is 6.25. The van der Waals surface area contributed by atoms with Crippen molar-refractivity contribution in [2.75, 3.05) is 19.8 Å². The third kappa shape index (κ3) is 5.77. The minimum atomic E-state index is -0.725. The van der Waals surface area contributed by atoms with Gasteiger partial charge >= 0.3 is 0 Å². The van der Waals surface area contributed by atoms with E-state index in [1.807, 2.05) is 6.92 Å². The lowest BCUT2D eigenvalue weighted by Crippen LogP contribution is -2.33. The first kappa shape index (κ1) is 20.8. The number of hydrogen-bond acceptors (Lipinski definition) is 6. The summed E-state index contributed by atoms with van der Waals surface area (Å²) in [5.74, 6) is 2.03. The first-order valence-electron chi connectivity index (χ1n) is 9.38. The molecule has 1 aliphatic rings. The average molecular weight is 419 g/mol. The Morgan fingerprint density at radius 2 is 1.97 bits per heavy atom. The fourth-order valence-corrected chi connectivity index (χ4v) is 2.90. The number of halogens is 1. The van der Waals surface area contributed by atoms with Crippen LogP contribution in [-0.4, -0.2) is 38.0 Å². The molecule has 0 bridgehead atoms. The van der Waals surface area contributed by atoms with Crippen LogP contribution < -0.4 is 24.4 Å². The Morgan fingerprint density at radius 1 is 1.24 bits per heavy atom. The zero-order valence-electron chi connectivity index (χ0n) is 16.3. The molecule has 0 aromatic heterocycles. The molecule has 154 valence electrons.